The molecule has 16 nitrogen and oxygen atoms in total. The molecule has 52 heavy (non-hydrogen) atoms. The summed E-state index contributed by atoms with van der Waals surface area (Å²) in [4.78, 5) is 81.9. The Labute approximate surface area is 303 Å². The first-order valence-electron chi connectivity index (χ1n) is 17.5. The Balaban J connectivity index is 1.18. The van der Waals surface area contributed by atoms with Gasteiger partial charge in [-0.15, -0.1) is 11.3 Å². The van der Waals surface area contributed by atoms with Crippen molar-refractivity contribution in [3.8, 4) is 17.4 Å². The molecule has 4 aliphatic rings. The first-order chi connectivity index (χ1) is 25.2. The van der Waals surface area contributed by atoms with E-state index in [-0.39, 0.29) is 31.4 Å². The van der Waals surface area contributed by atoms with Gasteiger partial charge in [0, 0.05) is 18.5 Å². The lowest BCUT2D eigenvalue weighted by atomic mass is 9.96. The van der Waals surface area contributed by atoms with E-state index in [2.05, 4.69) is 36.2 Å². The second-order valence-electron chi connectivity index (χ2n) is 13.4. The zero-order chi connectivity index (χ0) is 36.2. The monoisotopic (exact) mass is 732 g/mol. The van der Waals surface area contributed by atoms with E-state index < -0.39 is 53.6 Å². The van der Waals surface area contributed by atoms with E-state index in [0.717, 1.165) is 32.8 Å². The quantitative estimate of drug-likeness (QED) is 0.214. The molecule has 274 valence electrons. The van der Waals surface area contributed by atoms with Gasteiger partial charge in [0.05, 0.1) is 19.2 Å². The van der Waals surface area contributed by atoms with Crippen LogP contribution in [0.1, 0.15) is 57.8 Å². The Morgan fingerprint density at radius 2 is 1.88 bits per heavy atom. The lowest BCUT2D eigenvalue weighted by Crippen LogP contribution is -2.59. The van der Waals surface area contributed by atoms with Gasteiger partial charge in [0.1, 0.15) is 40.2 Å². The number of pyridine rings is 1. The zero-order valence-corrected chi connectivity index (χ0v) is 29.4. The number of alkyl carbamates (subject to hydrolysis) is 1. The molecule has 0 spiro atoms. The van der Waals surface area contributed by atoms with Crippen molar-refractivity contribution in [3.05, 3.63) is 48.0 Å². The average molecular weight is 733 g/mol. The van der Waals surface area contributed by atoms with Crippen molar-refractivity contribution in [2.45, 2.75) is 87.6 Å². The number of fused-ring (bicyclic) bond motifs is 3. The van der Waals surface area contributed by atoms with E-state index in [0.29, 0.717) is 46.9 Å². The number of hydrogen-bond donors (Lipinski definition) is 4. The molecule has 0 aromatic carbocycles. The van der Waals surface area contributed by atoms with E-state index in [4.69, 9.17) is 14.5 Å². The third-order valence-electron chi connectivity index (χ3n) is 9.92. The lowest BCUT2D eigenvalue weighted by Gasteiger charge is -2.31. The summed E-state index contributed by atoms with van der Waals surface area (Å²) in [5.41, 5.74) is 4.36. The van der Waals surface area contributed by atoms with Gasteiger partial charge in [-0.3, -0.25) is 24.8 Å². The fraction of sp³-hybridized carbons (Fsp3) is 0.486. The summed E-state index contributed by atoms with van der Waals surface area (Å²) < 4.78 is 17.3. The van der Waals surface area contributed by atoms with Crippen LogP contribution in [0, 0.1) is 5.92 Å². The summed E-state index contributed by atoms with van der Waals surface area (Å²) in [5.74, 6) is -1.35. The second kappa shape index (κ2) is 15.1. The number of hydrazine groups is 1. The molecule has 4 N–H and O–H groups in total. The number of carbonyl (C=O) groups excluding carboxylic acids is 5. The zero-order valence-electron chi connectivity index (χ0n) is 28.5. The van der Waals surface area contributed by atoms with Gasteiger partial charge in [-0.2, -0.15) is 4.98 Å². The van der Waals surface area contributed by atoms with Crippen LogP contribution < -0.4 is 26.2 Å². The number of ether oxygens (including phenoxy) is 3. The van der Waals surface area contributed by atoms with Gasteiger partial charge in [0.15, 0.2) is 5.82 Å². The van der Waals surface area contributed by atoms with Crippen molar-refractivity contribution in [2.24, 2.45) is 5.92 Å². The molecule has 17 heteroatoms. The molecule has 0 radical (unpaired) electrons. The Morgan fingerprint density at radius 1 is 1.02 bits per heavy atom. The van der Waals surface area contributed by atoms with Crippen LogP contribution in [0.15, 0.2) is 48.0 Å². The van der Waals surface area contributed by atoms with E-state index in [9.17, 15) is 24.0 Å². The molecule has 3 aromatic heterocycles. The number of rotatable bonds is 6. The van der Waals surface area contributed by atoms with E-state index in [1.54, 1.807) is 18.3 Å². The Kier molecular flexibility index (Phi) is 10.2. The minimum atomic E-state index is -1.37. The fourth-order valence-electron chi connectivity index (χ4n) is 6.76. The number of allylic oxidation sites excluding steroid dienone is 1. The fourth-order valence-corrected chi connectivity index (χ4v) is 7.52. The first kappa shape index (κ1) is 35.1. The molecule has 3 fully saturated rings. The van der Waals surface area contributed by atoms with Crippen LogP contribution in [0.25, 0.3) is 21.7 Å². The topological polar surface area (TPSA) is 203 Å². The van der Waals surface area contributed by atoms with Crippen LogP contribution in [-0.2, 0) is 23.9 Å². The number of carbonyl (C=O) groups is 5. The summed E-state index contributed by atoms with van der Waals surface area (Å²) in [5, 5.41) is 7.56. The molecule has 5 atom stereocenters. The highest BCUT2D eigenvalue weighted by molar-refractivity contribution is 7.17. The van der Waals surface area contributed by atoms with Crippen molar-refractivity contribution < 1.29 is 38.2 Å². The smallest absolute Gasteiger partial charge is 0.425 e. The summed E-state index contributed by atoms with van der Waals surface area (Å²) in [6.45, 7) is 0.00892. The van der Waals surface area contributed by atoms with Crippen LogP contribution in [0.3, 0.4) is 0 Å². The predicted molar refractivity (Wildman–Crippen MR) is 186 cm³/mol. The Hall–Kier alpha value is -5.32. The number of amides is 5. The molecule has 2 aliphatic carbocycles. The standard InChI is InChI=1S/C35H40N8O8S/c1-49-34(48)42-41-32(46)35-18-20(35)9-4-2-3-5-13-25(38-33(47)51-21-10-8-11-21)31(45)43-19-22(17-26(43)29(44)40-35)50-30-27-23(14-16-52-27)37-28(39-30)24-12-6-7-15-36-24/h4,6-7,9,12,14-16,20-22,25-26H,2-3,5,8,10-11,13,17-19H2,1H3,(H,38,47)(H,40,44)(H,41,46)(H,42,48)/b9-4-/t20-,22-,25+,26+,35-/m1/s1. The van der Waals surface area contributed by atoms with Crippen molar-refractivity contribution in [1.82, 2.24) is 41.3 Å². The van der Waals surface area contributed by atoms with Gasteiger partial charge < -0.3 is 29.7 Å². The Bertz CT molecular complexity index is 1870. The molecule has 5 heterocycles. The third kappa shape index (κ3) is 7.49. The molecule has 7 rings (SSSR count). The summed E-state index contributed by atoms with van der Waals surface area (Å²) in [7, 11) is 1.16. The van der Waals surface area contributed by atoms with Crippen LogP contribution >= 0.6 is 11.3 Å². The third-order valence-corrected chi connectivity index (χ3v) is 10.8. The maximum Gasteiger partial charge on any atom is 0.425 e. The van der Waals surface area contributed by atoms with Crippen LogP contribution in [0.5, 0.6) is 5.88 Å². The summed E-state index contributed by atoms with van der Waals surface area (Å²) in [6.07, 6.45) is 8.30. The normalized spacial score (nSPS) is 26.8. The molecule has 2 saturated carbocycles. The molecule has 1 saturated heterocycles. The molecule has 0 bridgehead atoms. The van der Waals surface area contributed by atoms with E-state index in [1.807, 2.05) is 29.7 Å². The minimum Gasteiger partial charge on any atom is -0.471 e. The maximum atomic E-state index is 14.4. The molecule has 3 aromatic rings. The van der Waals surface area contributed by atoms with Crippen molar-refractivity contribution in [3.63, 3.8) is 0 Å². The van der Waals surface area contributed by atoms with Gasteiger partial charge in [-0.05, 0) is 68.5 Å². The first-order valence-corrected chi connectivity index (χ1v) is 18.4. The highest BCUT2D eigenvalue weighted by Gasteiger charge is 2.61. The number of methoxy groups -OCH3 is 1. The molecule has 0 unspecified atom stereocenters. The van der Waals surface area contributed by atoms with Gasteiger partial charge in [0.2, 0.25) is 17.7 Å². The van der Waals surface area contributed by atoms with Gasteiger partial charge in [-0.1, -0.05) is 24.6 Å². The second-order valence-corrected chi connectivity index (χ2v) is 14.3. The van der Waals surface area contributed by atoms with Crippen LogP contribution in [0.2, 0.25) is 0 Å². The number of hydrogen-bond acceptors (Lipinski definition) is 12. The van der Waals surface area contributed by atoms with Gasteiger partial charge in [-0.25, -0.2) is 20.0 Å². The largest absolute Gasteiger partial charge is 0.471 e. The molecular weight excluding hydrogens is 692 g/mol. The number of aromatic nitrogens is 3. The Morgan fingerprint density at radius 3 is 2.65 bits per heavy atom. The highest BCUT2D eigenvalue weighted by Crippen LogP contribution is 2.45. The summed E-state index contributed by atoms with van der Waals surface area (Å²) in [6, 6.07) is 5.26. The number of nitrogens with one attached hydrogen (secondary N) is 4. The molecular formula is C35H40N8O8S. The summed E-state index contributed by atoms with van der Waals surface area (Å²) >= 11 is 1.40. The number of thiophene rings is 1. The van der Waals surface area contributed by atoms with Crippen LogP contribution in [0.4, 0.5) is 9.59 Å². The molecule has 2 aliphatic heterocycles. The average Bonchev–Trinajstić information content (AvgIpc) is 3.41. The predicted octanol–water partition coefficient (Wildman–Crippen LogP) is 3.14. The van der Waals surface area contributed by atoms with E-state index in [1.165, 1.54) is 16.2 Å². The van der Waals surface area contributed by atoms with Crippen molar-refractivity contribution >= 4 is 51.5 Å². The van der Waals surface area contributed by atoms with Crippen LogP contribution in [-0.4, -0.2) is 93.2 Å². The van der Waals surface area contributed by atoms with E-state index >= 15 is 0 Å². The number of nitrogens with zero attached hydrogens (tertiary/aromatic N) is 4. The SMILES string of the molecule is COC(=O)NNC(=O)[C@@]12C[C@H]1/C=C\CCCC[C@H](NC(=O)OC1CCC1)C(=O)N1C[C@H](Oc3nc(-c4ccccn4)nc4ccsc34)C[C@H]1C(=O)N2. The van der Waals surface area contributed by atoms with Crippen molar-refractivity contribution in [2.75, 3.05) is 13.7 Å². The van der Waals surface area contributed by atoms with Gasteiger partial charge >= 0.3 is 12.2 Å². The lowest BCUT2D eigenvalue weighted by molar-refractivity contribution is -0.141. The van der Waals surface area contributed by atoms with Crippen molar-refractivity contribution in [1.29, 1.82) is 0 Å². The minimum absolute atomic E-state index is 0.00892. The maximum absolute atomic E-state index is 14.4. The highest BCUT2D eigenvalue weighted by atomic mass is 32.1. The van der Waals surface area contributed by atoms with Gasteiger partial charge in [0.25, 0.3) is 5.91 Å². The molecule has 5 amide bonds.